The van der Waals surface area contributed by atoms with Gasteiger partial charge in [0.05, 0.1) is 18.2 Å². The van der Waals surface area contributed by atoms with Crippen LogP contribution < -0.4 is 4.74 Å². The number of benzene rings is 1. The Hall–Kier alpha value is -1.74. The van der Waals surface area contributed by atoms with Crippen LogP contribution in [0.3, 0.4) is 0 Å². The van der Waals surface area contributed by atoms with Crippen molar-refractivity contribution < 1.29 is 22.6 Å². The molecule has 3 nitrogen and oxygen atoms in total. The minimum Gasteiger partial charge on any atom is -0.491 e. The van der Waals surface area contributed by atoms with Crippen LogP contribution >= 0.6 is 0 Å². The molecule has 0 spiro atoms. The standard InChI is InChI=1S/C13H14F3NO2/c14-13(15,16)6-1-7-18-8-9-19-12-4-2-11(10-17)3-5-12/h2-5H,1,6-9H2. The highest BCUT2D eigenvalue weighted by atomic mass is 19.4. The normalized spacial score (nSPS) is 11.1. The number of hydrogen-bond donors (Lipinski definition) is 0. The van der Waals surface area contributed by atoms with Crippen LogP contribution in [0.4, 0.5) is 13.2 Å². The minimum atomic E-state index is -4.12. The van der Waals surface area contributed by atoms with Crippen LogP contribution in [-0.2, 0) is 4.74 Å². The van der Waals surface area contributed by atoms with Crippen molar-refractivity contribution in [3.05, 3.63) is 29.8 Å². The van der Waals surface area contributed by atoms with Crippen molar-refractivity contribution in [2.45, 2.75) is 19.0 Å². The molecule has 0 saturated carbocycles. The molecule has 0 aliphatic carbocycles. The highest BCUT2D eigenvalue weighted by molar-refractivity contribution is 5.34. The Morgan fingerprint density at radius 2 is 1.74 bits per heavy atom. The molecule has 0 radical (unpaired) electrons. The lowest BCUT2D eigenvalue weighted by Crippen LogP contribution is -2.11. The Bertz CT molecular complexity index is 409. The summed E-state index contributed by atoms with van der Waals surface area (Å²) in [7, 11) is 0. The first-order valence-electron chi connectivity index (χ1n) is 5.79. The number of alkyl halides is 3. The molecule has 0 amide bonds. The molecule has 104 valence electrons. The zero-order chi connectivity index (χ0) is 14.1. The summed E-state index contributed by atoms with van der Waals surface area (Å²) in [6.07, 6.45) is -4.99. The van der Waals surface area contributed by atoms with Crippen LogP contribution in [0.5, 0.6) is 5.75 Å². The Kier molecular flexibility index (Phi) is 6.16. The number of halogens is 3. The molecular weight excluding hydrogens is 259 g/mol. The summed E-state index contributed by atoms with van der Waals surface area (Å²) in [6.45, 7) is 0.562. The lowest BCUT2D eigenvalue weighted by molar-refractivity contribution is -0.138. The number of nitriles is 1. The molecule has 0 aliphatic heterocycles. The zero-order valence-corrected chi connectivity index (χ0v) is 10.2. The fraction of sp³-hybridized carbons (Fsp3) is 0.462. The summed E-state index contributed by atoms with van der Waals surface area (Å²) >= 11 is 0. The maximum absolute atomic E-state index is 11.8. The van der Waals surface area contributed by atoms with Gasteiger partial charge in [-0.05, 0) is 30.7 Å². The summed E-state index contributed by atoms with van der Waals surface area (Å²) in [4.78, 5) is 0. The van der Waals surface area contributed by atoms with Crippen LogP contribution in [-0.4, -0.2) is 26.0 Å². The SMILES string of the molecule is N#Cc1ccc(OCCOCCCC(F)(F)F)cc1. The molecule has 0 atom stereocenters. The van der Waals surface area contributed by atoms with E-state index in [1.165, 1.54) is 0 Å². The van der Waals surface area contributed by atoms with E-state index in [0.717, 1.165) is 0 Å². The molecule has 0 aromatic heterocycles. The largest absolute Gasteiger partial charge is 0.491 e. The number of nitrogens with zero attached hydrogens (tertiary/aromatic N) is 1. The van der Waals surface area contributed by atoms with E-state index >= 15 is 0 Å². The Balaban J connectivity index is 2.06. The minimum absolute atomic E-state index is 0.0413. The predicted octanol–water partition coefficient (Wildman–Crippen LogP) is 3.30. The third kappa shape index (κ3) is 7.32. The summed E-state index contributed by atoms with van der Waals surface area (Å²) in [6, 6.07) is 8.54. The van der Waals surface area contributed by atoms with Gasteiger partial charge >= 0.3 is 6.18 Å². The van der Waals surface area contributed by atoms with Crippen molar-refractivity contribution in [3.63, 3.8) is 0 Å². The van der Waals surface area contributed by atoms with Gasteiger partial charge in [0.2, 0.25) is 0 Å². The fourth-order valence-corrected chi connectivity index (χ4v) is 1.32. The molecule has 19 heavy (non-hydrogen) atoms. The van der Waals surface area contributed by atoms with E-state index in [-0.39, 0.29) is 26.2 Å². The first kappa shape index (κ1) is 15.3. The summed E-state index contributed by atoms with van der Waals surface area (Å²) in [5.41, 5.74) is 0.538. The molecule has 0 saturated heterocycles. The van der Waals surface area contributed by atoms with Gasteiger partial charge in [-0.3, -0.25) is 0 Å². The Labute approximate surface area is 109 Å². The van der Waals surface area contributed by atoms with Crippen molar-refractivity contribution in [2.75, 3.05) is 19.8 Å². The van der Waals surface area contributed by atoms with Gasteiger partial charge in [0.1, 0.15) is 12.4 Å². The molecule has 0 heterocycles. The van der Waals surface area contributed by atoms with Gasteiger partial charge in [-0.25, -0.2) is 0 Å². The zero-order valence-electron chi connectivity index (χ0n) is 10.2. The van der Waals surface area contributed by atoms with E-state index in [1.54, 1.807) is 24.3 Å². The quantitative estimate of drug-likeness (QED) is 0.716. The van der Waals surface area contributed by atoms with Crippen LogP contribution in [0, 0.1) is 11.3 Å². The average Bonchev–Trinajstić information content (AvgIpc) is 2.37. The van der Waals surface area contributed by atoms with Gasteiger partial charge in [-0.15, -0.1) is 0 Å². The van der Waals surface area contributed by atoms with E-state index in [4.69, 9.17) is 14.7 Å². The van der Waals surface area contributed by atoms with E-state index in [9.17, 15) is 13.2 Å². The summed E-state index contributed by atoms with van der Waals surface area (Å²) in [5.74, 6) is 0.595. The molecule has 1 aromatic rings. The number of hydrogen-bond acceptors (Lipinski definition) is 3. The molecule has 6 heteroatoms. The van der Waals surface area contributed by atoms with Crippen molar-refractivity contribution in [1.82, 2.24) is 0 Å². The monoisotopic (exact) mass is 273 g/mol. The van der Waals surface area contributed by atoms with Gasteiger partial charge in [0.15, 0.2) is 0 Å². The summed E-state index contributed by atoms with van der Waals surface area (Å²) in [5, 5.41) is 8.59. The molecule has 0 unspecified atom stereocenters. The van der Waals surface area contributed by atoms with Crippen LogP contribution in [0.2, 0.25) is 0 Å². The third-order valence-electron chi connectivity index (χ3n) is 2.23. The molecule has 0 N–H and O–H groups in total. The first-order valence-corrected chi connectivity index (χ1v) is 5.79. The van der Waals surface area contributed by atoms with Gasteiger partial charge in [0.25, 0.3) is 0 Å². The topological polar surface area (TPSA) is 42.2 Å². The van der Waals surface area contributed by atoms with Gasteiger partial charge in [0, 0.05) is 13.0 Å². The number of ether oxygens (including phenoxy) is 2. The van der Waals surface area contributed by atoms with Crippen LogP contribution in [0.1, 0.15) is 18.4 Å². The second-order valence-corrected chi connectivity index (χ2v) is 3.82. The second-order valence-electron chi connectivity index (χ2n) is 3.82. The maximum Gasteiger partial charge on any atom is 0.389 e. The Morgan fingerprint density at radius 1 is 1.05 bits per heavy atom. The van der Waals surface area contributed by atoms with Gasteiger partial charge < -0.3 is 9.47 Å². The fourth-order valence-electron chi connectivity index (χ4n) is 1.32. The van der Waals surface area contributed by atoms with E-state index in [0.29, 0.717) is 11.3 Å². The molecule has 1 aromatic carbocycles. The van der Waals surface area contributed by atoms with Crippen LogP contribution in [0.15, 0.2) is 24.3 Å². The van der Waals surface area contributed by atoms with Crippen molar-refractivity contribution in [3.8, 4) is 11.8 Å². The average molecular weight is 273 g/mol. The molecule has 1 rings (SSSR count). The molecular formula is C13H14F3NO2. The smallest absolute Gasteiger partial charge is 0.389 e. The Morgan fingerprint density at radius 3 is 2.32 bits per heavy atom. The van der Waals surface area contributed by atoms with Crippen molar-refractivity contribution in [1.29, 1.82) is 5.26 Å². The predicted molar refractivity (Wildman–Crippen MR) is 62.8 cm³/mol. The van der Waals surface area contributed by atoms with E-state index in [2.05, 4.69) is 0 Å². The van der Waals surface area contributed by atoms with Gasteiger partial charge in [-0.1, -0.05) is 0 Å². The summed E-state index contributed by atoms with van der Waals surface area (Å²) < 4.78 is 45.7. The second kappa shape index (κ2) is 7.64. The molecule has 0 fully saturated rings. The highest BCUT2D eigenvalue weighted by Gasteiger charge is 2.25. The molecule has 0 aliphatic rings. The molecule has 0 bridgehead atoms. The van der Waals surface area contributed by atoms with Crippen molar-refractivity contribution in [2.24, 2.45) is 0 Å². The van der Waals surface area contributed by atoms with E-state index in [1.807, 2.05) is 6.07 Å². The van der Waals surface area contributed by atoms with Gasteiger partial charge in [-0.2, -0.15) is 18.4 Å². The maximum atomic E-state index is 11.8. The number of rotatable bonds is 7. The van der Waals surface area contributed by atoms with Crippen molar-refractivity contribution >= 4 is 0 Å². The van der Waals surface area contributed by atoms with E-state index < -0.39 is 12.6 Å². The third-order valence-corrected chi connectivity index (χ3v) is 2.23. The first-order chi connectivity index (χ1) is 9.01. The highest BCUT2D eigenvalue weighted by Crippen LogP contribution is 2.20. The lowest BCUT2D eigenvalue weighted by Gasteiger charge is -2.08. The van der Waals surface area contributed by atoms with Crippen LogP contribution in [0.25, 0.3) is 0 Å². The lowest BCUT2D eigenvalue weighted by atomic mass is 10.2.